The van der Waals surface area contributed by atoms with Gasteiger partial charge in [-0.2, -0.15) is 4.98 Å². The van der Waals surface area contributed by atoms with Crippen molar-refractivity contribution in [2.75, 3.05) is 65.1 Å². The molecule has 0 aliphatic carbocycles. The average Bonchev–Trinajstić information content (AvgIpc) is 3.34. The van der Waals surface area contributed by atoms with Crippen molar-refractivity contribution in [1.29, 1.82) is 0 Å². The second-order valence-corrected chi connectivity index (χ2v) is 10.1. The minimum Gasteiger partial charge on any atom is -0.480 e. The zero-order valence-electron chi connectivity index (χ0n) is 20.6. The number of aromatic nitrogens is 4. The van der Waals surface area contributed by atoms with Crippen molar-refractivity contribution in [1.82, 2.24) is 24.8 Å². The Hall–Kier alpha value is -3.09. The van der Waals surface area contributed by atoms with Crippen LogP contribution in [0.1, 0.15) is 17.7 Å². The lowest BCUT2D eigenvalue weighted by atomic mass is 9.96. The van der Waals surface area contributed by atoms with Crippen LogP contribution in [0.15, 0.2) is 12.3 Å². The van der Waals surface area contributed by atoms with E-state index in [1.165, 1.54) is 12.0 Å². The minimum absolute atomic E-state index is 0.00859. The first kappa shape index (κ1) is 24.6. The molecule has 0 atom stereocenters. The van der Waals surface area contributed by atoms with Crippen LogP contribution in [0.3, 0.4) is 0 Å². The number of thiophene rings is 1. The number of hydrogen-bond acceptors (Lipinski definition) is 11. The summed E-state index contributed by atoms with van der Waals surface area (Å²) in [5.41, 5.74) is 6.99. The minimum atomic E-state index is -0.178. The smallest absolute Gasteiger partial charge is 0.319 e. The van der Waals surface area contributed by atoms with E-state index in [0.29, 0.717) is 30.5 Å². The van der Waals surface area contributed by atoms with Crippen LogP contribution in [-0.2, 0) is 16.0 Å². The molecule has 1 amide bonds. The maximum absolute atomic E-state index is 11.5. The van der Waals surface area contributed by atoms with Crippen LogP contribution in [-0.4, -0.2) is 90.9 Å². The number of carbonyl (C=O) groups is 1. The maximum atomic E-state index is 11.5. The number of carbonyl (C=O) groups excluding carboxylic acids is 1. The molecule has 12 heteroatoms. The lowest BCUT2D eigenvalue weighted by Crippen LogP contribution is -2.39. The third-order valence-electron chi connectivity index (χ3n) is 6.73. The van der Waals surface area contributed by atoms with Gasteiger partial charge in [0.05, 0.1) is 37.6 Å². The second kappa shape index (κ2) is 10.9. The number of nitrogens with zero attached hydrogens (tertiary/aromatic N) is 6. The van der Waals surface area contributed by atoms with E-state index >= 15 is 0 Å². The van der Waals surface area contributed by atoms with Crippen LogP contribution >= 0.6 is 11.3 Å². The van der Waals surface area contributed by atoms with Gasteiger partial charge in [0.1, 0.15) is 5.56 Å². The predicted molar refractivity (Wildman–Crippen MR) is 137 cm³/mol. The molecular formula is C24H31N7O4S. The lowest BCUT2D eigenvalue weighted by molar-refractivity contribution is -0.123. The van der Waals surface area contributed by atoms with E-state index in [9.17, 15) is 4.79 Å². The largest absolute Gasteiger partial charge is 0.480 e. The summed E-state index contributed by atoms with van der Waals surface area (Å²) in [5, 5.41) is 0. The Balaban J connectivity index is 1.44. The van der Waals surface area contributed by atoms with E-state index in [4.69, 9.17) is 29.9 Å². The Morgan fingerprint density at radius 1 is 1.14 bits per heavy atom. The lowest BCUT2D eigenvalue weighted by Gasteiger charge is -2.30. The van der Waals surface area contributed by atoms with Crippen molar-refractivity contribution < 1.29 is 19.0 Å². The summed E-state index contributed by atoms with van der Waals surface area (Å²) < 4.78 is 17.3. The highest BCUT2D eigenvalue weighted by Gasteiger charge is 2.24. The van der Waals surface area contributed by atoms with Crippen LogP contribution in [0.25, 0.3) is 21.6 Å². The molecule has 0 bridgehead atoms. The van der Waals surface area contributed by atoms with Gasteiger partial charge in [0.2, 0.25) is 11.8 Å². The zero-order chi connectivity index (χ0) is 25.1. The van der Waals surface area contributed by atoms with Gasteiger partial charge in [0.25, 0.3) is 0 Å². The number of fused-ring (bicyclic) bond motifs is 1. The van der Waals surface area contributed by atoms with Crippen LogP contribution in [0.5, 0.6) is 11.9 Å². The van der Waals surface area contributed by atoms with Gasteiger partial charge < -0.3 is 29.7 Å². The molecule has 0 radical (unpaired) electrons. The molecule has 3 aromatic rings. The number of likely N-dealkylation sites (tertiary alicyclic amines) is 1. The number of methoxy groups -OCH3 is 2. The Morgan fingerprint density at radius 2 is 1.92 bits per heavy atom. The van der Waals surface area contributed by atoms with Crippen LogP contribution < -0.4 is 20.1 Å². The molecule has 0 spiro atoms. The highest BCUT2D eigenvalue weighted by molar-refractivity contribution is 7.19. The Labute approximate surface area is 213 Å². The van der Waals surface area contributed by atoms with E-state index in [2.05, 4.69) is 25.8 Å². The fraction of sp³-hybridized carbons (Fsp3) is 0.542. The second-order valence-electron chi connectivity index (χ2n) is 8.95. The number of primary amides is 1. The van der Waals surface area contributed by atoms with Crippen molar-refractivity contribution in [2.24, 2.45) is 11.7 Å². The summed E-state index contributed by atoms with van der Waals surface area (Å²) in [7, 11) is 3.07. The molecule has 192 valence electrons. The first-order valence-electron chi connectivity index (χ1n) is 12.2. The number of anilines is 1. The van der Waals surface area contributed by atoms with E-state index < -0.39 is 0 Å². The highest BCUT2D eigenvalue weighted by atomic mass is 32.1. The first-order chi connectivity index (χ1) is 17.6. The van der Waals surface area contributed by atoms with Gasteiger partial charge >= 0.3 is 6.01 Å². The number of piperidine rings is 1. The van der Waals surface area contributed by atoms with Gasteiger partial charge in [-0.15, -0.1) is 11.3 Å². The third kappa shape index (κ3) is 5.20. The third-order valence-corrected chi connectivity index (χ3v) is 7.91. The van der Waals surface area contributed by atoms with Gasteiger partial charge in [-0.25, -0.2) is 15.0 Å². The van der Waals surface area contributed by atoms with Crippen molar-refractivity contribution in [3.63, 3.8) is 0 Å². The summed E-state index contributed by atoms with van der Waals surface area (Å²) in [6.45, 7) is 5.60. The van der Waals surface area contributed by atoms with Gasteiger partial charge in [0, 0.05) is 36.6 Å². The summed E-state index contributed by atoms with van der Waals surface area (Å²) in [4.78, 5) is 35.8. The van der Waals surface area contributed by atoms with E-state index in [1.54, 1.807) is 24.6 Å². The summed E-state index contributed by atoms with van der Waals surface area (Å²) in [6.07, 6.45) is 4.22. The van der Waals surface area contributed by atoms with Crippen LogP contribution in [0.4, 0.5) is 5.82 Å². The molecule has 2 saturated heterocycles. The van der Waals surface area contributed by atoms with Crippen molar-refractivity contribution in [3.05, 3.63) is 17.1 Å². The standard InChI is InChI=1S/C24H31N7O4S/c1-33-23-17(14-26-24(29-23)34-2)21-27-18-13-16(5-8-30-6-3-15(4-7-30)20(25)32)36-19(18)22(28-21)31-9-11-35-12-10-31/h13-15H,3-12H2,1-2H3,(H2,25,32). The Morgan fingerprint density at radius 3 is 2.61 bits per heavy atom. The molecule has 5 rings (SSSR count). The molecule has 3 aromatic heterocycles. The van der Waals surface area contributed by atoms with Gasteiger partial charge in [-0.05, 0) is 38.4 Å². The quantitative estimate of drug-likeness (QED) is 0.475. The number of hydrogen-bond donors (Lipinski definition) is 1. The van der Waals surface area contributed by atoms with Gasteiger partial charge in [0.15, 0.2) is 11.6 Å². The average molecular weight is 514 g/mol. The molecule has 0 unspecified atom stereocenters. The maximum Gasteiger partial charge on any atom is 0.319 e. The number of rotatable bonds is 8. The summed E-state index contributed by atoms with van der Waals surface area (Å²) in [6, 6.07) is 2.38. The Kier molecular flexibility index (Phi) is 7.44. The monoisotopic (exact) mass is 513 g/mol. The van der Waals surface area contributed by atoms with E-state index in [0.717, 1.165) is 68.0 Å². The SMILES string of the molecule is COc1ncc(-c2nc(N3CCOCC3)c3sc(CCN4CCC(C(N)=O)CC4)cc3n2)c(OC)n1. The molecule has 5 heterocycles. The summed E-state index contributed by atoms with van der Waals surface area (Å²) in [5.74, 6) is 1.61. The molecule has 2 fully saturated rings. The molecule has 11 nitrogen and oxygen atoms in total. The zero-order valence-corrected chi connectivity index (χ0v) is 21.4. The van der Waals surface area contributed by atoms with E-state index in [1.807, 2.05) is 0 Å². The van der Waals surface area contributed by atoms with Gasteiger partial charge in [-0.3, -0.25) is 4.79 Å². The molecule has 0 aromatic carbocycles. The molecule has 36 heavy (non-hydrogen) atoms. The first-order valence-corrected chi connectivity index (χ1v) is 13.0. The predicted octanol–water partition coefficient (Wildman–Crippen LogP) is 1.74. The topological polar surface area (TPSA) is 129 Å². The van der Waals surface area contributed by atoms with Crippen molar-refractivity contribution in [3.8, 4) is 23.3 Å². The van der Waals surface area contributed by atoms with Gasteiger partial charge in [-0.1, -0.05) is 0 Å². The normalized spacial score (nSPS) is 17.4. The number of nitrogens with two attached hydrogens (primary N) is 1. The number of morpholine rings is 1. The molecule has 2 N–H and O–H groups in total. The van der Waals surface area contributed by atoms with Crippen molar-refractivity contribution >= 4 is 33.3 Å². The Bertz CT molecular complexity index is 1220. The molecule has 2 aliphatic heterocycles. The van der Waals surface area contributed by atoms with Crippen molar-refractivity contribution in [2.45, 2.75) is 19.3 Å². The van der Waals surface area contributed by atoms with Crippen LogP contribution in [0, 0.1) is 5.92 Å². The molecule has 0 saturated carbocycles. The number of amides is 1. The summed E-state index contributed by atoms with van der Waals surface area (Å²) >= 11 is 1.74. The molecular weight excluding hydrogens is 482 g/mol. The fourth-order valence-electron chi connectivity index (χ4n) is 4.67. The highest BCUT2D eigenvalue weighted by Crippen LogP contribution is 2.36. The van der Waals surface area contributed by atoms with E-state index in [-0.39, 0.29) is 17.8 Å². The number of ether oxygens (including phenoxy) is 3. The molecule has 2 aliphatic rings. The van der Waals surface area contributed by atoms with Crippen LogP contribution in [0.2, 0.25) is 0 Å². The fourth-order valence-corrected chi connectivity index (χ4v) is 5.77.